The molecule has 24 heavy (non-hydrogen) atoms. The Kier molecular flexibility index (Phi) is 6.76. The summed E-state index contributed by atoms with van der Waals surface area (Å²) in [5, 5.41) is 6.76. The number of hydrogen-bond acceptors (Lipinski definition) is 3. The number of hydrogen-bond donors (Lipinski definition) is 2. The average Bonchev–Trinajstić information content (AvgIpc) is 2.50. The molecule has 0 bridgehead atoms. The second-order valence-corrected chi connectivity index (χ2v) is 6.67. The van der Waals surface area contributed by atoms with Gasteiger partial charge in [-0.3, -0.25) is 4.79 Å². The van der Waals surface area contributed by atoms with E-state index < -0.39 is 0 Å². The van der Waals surface area contributed by atoms with E-state index in [-0.39, 0.29) is 12.5 Å². The smallest absolute Gasteiger partial charge is 0.243 e. The Balaban J connectivity index is 1.88. The molecule has 0 aliphatic heterocycles. The summed E-state index contributed by atoms with van der Waals surface area (Å²) in [4.78, 5) is 12.0. The molecule has 0 aliphatic rings. The number of carbonyl (C=O) groups is 1. The van der Waals surface area contributed by atoms with Crippen LogP contribution in [-0.4, -0.2) is 19.1 Å². The van der Waals surface area contributed by atoms with Crippen molar-refractivity contribution in [1.82, 2.24) is 0 Å². The SMILES string of the molecule is CC(C)COc1cccc(NCC(=O)Nc2cc(Cl)cc(Cl)c2)c1. The lowest BCUT2D eigenvalue weighted by Gasteiger charge is -2.11. The van der Waals surface area contributed by atoms with Gasteiger partial charge in [0.05, 0.1) is 13.2 Å². The van der Waals surface area contributed by atoms with Crippen molar-refractivity contribution < 1.29 is 9.53 Å². The summed E-state index contributed by atoms with van der Waals surface area (Å²) in [6, 6.07) is 12.4. The van der Waals surface area contributed by atoms with Gasteiger partial charge < -0.3 is 15.4 Å². The number of ether oxygens (including phenoxy) is 1. The third kappa shape index (κ3) is 6.30. The molecule has 128 valence electrons. The Hall–Kier alpha value is -1.91. The Bertz CT molecular complexity index is 685. The third-order valence-electron chi connectivity index (χ3n) is 3.02. The Morgan fingerprint density at radius 2 is 1.79 bits per heavy atom. The molecule has 0 spiro atoms. The van der Waals surface area contributed by atoms with Gasteiger partial charge in [0.1, 0.15) is 5.75 Å². The van der Waals surface area contributed by atoms with Crippen LogP contribution >= 0.6 is 23.2 Å². The normalized spacial score (nSPS) is 10.5. The summed E-state index contributed by atoms with van der Waals surface area (Å²) < 4.78 is 5.67. The highest BCUT2D eigenvalue weighted by Crippen LogP contribution is 2.22. The van der Waals surface area contributed by atoms with Gasteiger partial charge >= 0.3 is 0 Å². The second kappa shape index (κ2) is 8.81. The zero-order valence-electron chi connectivity index (χ0n) is 13.6. The molecule has 0 saturated heterocycles. The fourth-order valence-corrected chi connectivity index (χ4v) is 2.50. The van der Waals surface area contributed by atoms with Gasteiger partial charge in [0.25, 0.3) is 0 Å². The van der Waals surface area contributed by atoms with Crippen LogP contribution in [0.5, 0.6) is 5.75 Å². The fraction of sp³-hybridized carbons (Fsp3) is 0.278. The highest BCUT2D eigenvalue weighted by Gasteiger charge is 2.05. The van der Waals surface area contributed by atoms with E-state index in [1.54, 1.807) is 18.2 Å². The van der Waals surface area contributed by atoms with Crippen molar-refractivity contribution in [2.45, 2.75) is 13.8 Å². The van der Waals surface area contributed by atoms with Crippen molar-refractivity contribution in [3.05, 3.63) is 52.5 Å². The molecule has 2 aromatic rings. The molecule has 0 saturated carbocycles. The lowest BCUT2D eigenvalue weighted by molar-refractivity contribution is -0.114. The van der Waals surface area contributed by atoms with Crippen molar-refractivity contribution in [3.8, 4) is 5.75 Å². The second-order valence-electron chi connectivity index (χ2n) is 5.79. The van der Waals surface area contributed by atoms with Gasteiger partial charge in [0.2, 0.25) is 5.91 Å². The van der Waals surface area contributed by atoms with Crippen LogP contribution in [0.15, 0.2) is 42.5 Å². The molecule has 0 atom stereocenters. The molecule has 0 radical (unpaired) electrons. The van der Waals surface area contributed by atoms with Crippen LogP contribution in [0.2, 0.25) is 10.0 Å². The number of anilines is 2. The molecule has 0 aliphatic carbocycles. The van der Waals surface area contributed by atoms with E-state index in [1.807, 2.05) is 24.3 Å². The van der Waals surface area contributed by atoms with Crippen molar-refractivity contribution in [2.24, 2.45) is 5.92 Å². The predicted molar refractivity (Wildman–Crippen MR) is 100 cm³/mol. The van der Waals surface area contributed by atoms with Crippen LogP contribution in [0.25, 0.3) is 0 Å². The highest BCUT2D eigenvalue weighted by atomic mass is 35.5. The van der Waals surface area contributed by atoms with Gasteiger partial charge in [0.15, 0.2) is 0 Å². The van der Waals surface area contributed by atoms with Crippen molar-refractivity contribution in [2.75, 3.05) is 23.8 Å². The summed E-state index contributed by atoms with van der Waals surface area (Å²) in [6.45, 7) is 4.96. The topological polar surface area (TPSA) is 50.4 Å². The van der Waals surface area contributed by atoms with Crippen LogP contribution in [0.1, 0.15) is 13.8 Å². The minimum absolute atomic E-state index is 0.123. The summed E-state index contributed by atoms with van der Waals surface area (Å²) in [6.07, 6.45) is 0. The molecular formula is C18H20Cl2N2O2. The van der Waals surface area contributed by atoms with Crippen LogP contribution in [0.4, 0.5) is 11.4 Å². The van der Waals surface area contributed by atoms with Crippen LogP contribution in [0, 0.1) is 5.92 Å². The highest BCUT2D eigenvalue weighted by molar-refractivity contribution is 6.35. The molecule has 0 unspecified atom stereocenters. The van der Waals surface area contributed by atoms with E-state index >= 15 is 0 Å². The van der Waals surface area contributed by atoms with Gasteiger partial charge in [-0.15, -0.1) is 0 Å². The third-order valence-corrected chi connectivity index (χ3v) is 3.45. The zero-order valence-corrected chi connectivity index (χ0v) is 15.1. The Morgan fingerprint density at radius 1 is 1.08 bits per heavy atom. The maximum Gasteiger partial charge on any atom is 0.243 e. The monoisotopic (exact) mass is 366 g/mol. The number of halogens is 2. The van der Waals surface area contributed by atoms with Crippen molar-refractivity contribution in [3.63, 3.8) is 0 Å². The number of benzene rings is 2. The summed E-state index contributed by atoms with van der Waals surface area (Å²) >= 11 is 11.8. The number of rotatable bonds is 7. The summed E-state index contributed by atoms with van der Waals surface area (Å²) in [5.41, 5.74) is 1.38. The number of carbonyl (C=O) groups excluding carboxylic acids is 1. The number of nitrogens with one attached hydrogen (secondary N) is 2. The molecule has 2 rings (SSSR count). The molecule has 1 amide bonds. The Morgan fingerprint density at radius 3 is 2.46 bits per heavy atom. The molecule has 2 aromatic carbocycles. The standard InChI is InChI=1S/C18H20Cl2N2O2/c1-12(2)11-24-17-5-3-4-15(9-17)21-10-18(23)22-16-7-13(19)6-14(20)8-16/h3-9,12,21H,10-11H2,1-2H3,(H,22,23). The lowest BCUT2D eigenvalue weighted by Crippen LogP contribution is -2.21. The number of amides is 1. The molecule has 0 aromatic heterocycles. The predicted octanol–water partition coefficient (Wildman–Crippen LogP) is 5.08. The molecule has 6 heteroatoms. The zero-order chi connectivity index (χ0) is 17.5. The van der Waals surface area contributed by atoms with E-state index in [9.17, 15) is 4.79 Å². The van der Waals surface area contributed by atoms with Crippen LogP contribution in [-0.2, 0) is 4.79 Å². The molecule has 2 N–H and O–H groups in total. The van der Waals surface area contributed by atoms with E-state index in [0.717, 1.165) is 11.4 Å². The quantitative estimate of drug-likeness (QED) is 0.718. The lowest BCUT2D eigenvalue weighted by atomic mass is 10.2. The van der Waals surface area contributed by atoms with Gasteiger partial charge in [-0.05, 0) is 36.2 Å². The summed E-state index contributed by atoms with van der Waals surface area (Å²) in [7, 11) is 0. The fourth-order valence-electron chi connectivity index (χ4n) is 1.97. The van der Waals surface area contributed by atoms with Gasteiger partial charge in [0, 0.05) is 27.5 Å². The van der Waals surface area contributed by atoms with E-state index in [1.165, 1.54) is 0 Å². The minimum atomic E-state index is -0.193. The maximum atomic E-state index is 12.0. The van der Waals surface area contributed by atoms with Crippen molar-refractivity contribution in [1.29, 1.82) is 0 Å². The molecule has 0 heterocycles. The first-order chi connectivity index (χ1) is 11.4. The van der Waals surface area contributed by atoms with E-state index in [4.69, 9.17) is 27.9 Å². The largest absolute Gasteiger partial charge is 0.493 e. The maximum absolute atomic E-state index is 12.0. The van der Waals surface area contributed by atoms with Gasteiger partial charge in [-0.25, -0.2) is 0 Å². The van der Waals surface area contributed by atoms with E-state index in [2.05, 4.69) is 24.5 Å². The first kappa shape index (κ1) is 18.4. The average molecular weight is 367 g/mol. The minimum Gasteiger partial charge on any atom is -0.493 e. The van der Waals surface area contributed by atoms with Crippen molar-refractivity contribution >= 4 is 40.5 Å². The van der Waals surface area contributed by atoms with Gasteiger partial charge in [-0.2, -0.15) is 0 Å². The van der Waals surface area contributed by atoms with Gasteiger partial charge in [-0.1, -0.05) is 43.1 Å². The molecule has 4 nitrogen and oxygen atoms in total. The first-order valence-corrected chi connectivity index (χ1v) is 8.40. The molecular weight excluding hydrogens is 347 g/mol. The van der Waals surface area contributed by atoms with Crippen LogP contribution in [0.3, 0.4) is 0 Å². The van der Waals surface area contributed by atoms with E-state index in [0.29, 0.717) is 28.3 Å². The Labute approximate surface area is 152 Å². The molecule has 0 fully saturated rings. The first-order valence-electron chi connectivity index (χ1n) is 7.65. The van der Waals surface area contributed by atoms with Crippen LogP contribution < -0.4 is 15.4 Å². The summed E-state index contributed by atoms with van der Waals surface area (Å²) in [5.74, 6) is 1.04.